The normalized spacial score (nSPS) is 17.0. The Balaban J connectivity index is 1.37. The summed E-state index contributed by atoms with van der Waals surface area (Å²) >= 11 is 0. The number of hydrogen-bond acceptors (Lipinski definition) is 25. The van der Waals surface area contributed by atoms with E-state index in [1.807, 2.05) is 37.0 Å². The maximum atomic E-state index is 12.8. The number of fused-ring (bicyclic) bond motifs is 2. The number of methoxy groups -OCH3 is 3. The van der Waals surface area contributed by atoms with Crippen molar-refractivity contribution in [2.45, 2.75) is 53.7 Å². The van der Waals surface area contributed by atoms with E-state index >= 15 is 0 Å². The third-order valence-electron chi connectivity index (χ3n) is 15.0. The minimum atomic E-state index is -4.65. The molecule has 0 fully saturated rings. The van der Waals surface area contributed by atoms with Crippen LogP contribution in [0.3, 0.4) is 0 Å². The van der Waals surface area contributed by atoms with E-state index in [2.05, 4.69) is 4.58 Å². The summed E-state index contributed by atoms with van der Waals surface area (Å²) in [4.78, 5) is 18.4. The quantitative estimate of drug-likeness (QED) is 0.0353. The number of rotatable bonds is 56. The van der Waals surface area contributed by atoms with Gasteiger partial charge in [0.15, 0.2) is 12.3 Å². The van der Waals surface area contributed by atoms with Gasteiger partial charge in [-0.2, -0.15) is 21.4 Å². The first-order valence-electron chi connectivity index (χ1n) is 31.2. The van der Waals surface area contributed by atoms with E-state index in [1.54, 1.807) is 33.5 Å². The summed E-state index contributed by atoms with van der Waals surface area (Å²) in [5.74, 6) is -1.57. The molecule has 5 rings (SSSR count). The Morgan fingerprint density at radius 1 is 0.479 bits per heavy atom. The molecule has 2 unspecified atom stereocenters. The molecule has 4 N–H and O–H groups in total. The largest absolute Gasteiger partial charge is 0.492 e. The van der Waals surface area contributed by atoms with Crippen molar-refractivity contribution < 1.29 is 126 Å². The zero-order chi connectivity index (χ0) is 67.9. The van der Waals surface area contributed by atoms with Gasteiger partial charge in [-0.3, -0.25) is 9.11 Å². The molecule has 94 heavy (non-hydrogen) atoms. The van der Waals surface area contributed by atoms with E-state index in [0.29, 0.717) is 152 Å². The predicted molar refractivity (Wildman–Crippen MR) is 341 cm³/mol. The molecule has 3 heterocycles. The van der Waals surface area contributed by atoms with Crippen molar-refractivity contribution in [2.75, 3.05) is 231 Å². The lowest BCUT2D eigenvalue weighted by Gasteiger charge is -2.30. The van der Waals surface area contributed by atoms with Crippen LogP contribution < -0.4 is 9.74 Å². The monoisotopic (exact) mass is 1380 g/mol. The van der Waals surface area contributed by atoms with Crippen molar-refractivity contribution in [2.24, 2.45) is 0 Å². The van der Waals surface area contributed by atoms with Gasteiger partial charge in [0, 0.05) is 87.7 Å². The molecule has 532 valence electrons. The van der Waals surface area contributed by atoms with Gasteiger partial charge in [-0.15, -0.1) is 4.73 Å². The fraction of sp³-hybridized carbons (Fsp3) is 0.651. The van der Waals surface area contributed by atoms with Crippen LogP contribution in [0.25, 0.3) is 0 Å². The van der Waals surface area contributed by atoms with Crippen LogP contribution in [-0.2, 0) is 112 Å². The topological polar surface area (TPSA) is 334 Å². The van der Waals surface area contributed by atoms with Crippen molar-refractivity contribution in [1.29, 1.82) is 0 Å². The highest BCUT2D eigenvalue weighted by Gasteiger charge is 2.49. The van der Waals surface area contributed by atoms with E-state index in [9.17, 15) is 40.9 Å². The Morgan fingerprint density at radius 2 is 0.862 bits per heavy atom. The molecule has 0 amide bonds. The van der Waals surface area contributed by atoms with E-state index in [0.717, 1.165) is 11.4 Å². The van der Waals surface area contributed by atoms with E-state index in [1.165, 1.54) is 36.4 Å². The van der Waals surface area contributed by atoms with Gasteiger partial charge in [0.25, 0.3) is 20.2 Å². The second-order valence-electron chi connectivity index (χ2n) is 21.6. The molecule has 2 aromatic carbocycles. The van der Waals surface area contributed by atoms with E-state index < -0.39 is 48.8 Å². The van der Waals surface area contributed by atoms with Crippen LogP contribution in [0.2, 0.25) is 0 Å². The average molecular weight is 1380 g/mol. The molecule has 0 saturated carbocycles. The van der Waals surface area contributed by atoms with Crippen LogP contribution in [0.1, 0.15) is 44.2 Å². The molecule has 0 bridgehead atoms. The Labute approximate surface area is 551 Å². The van der Waals surface area contributed by atoms with Crippen LogP contribution in [0.4, 0.5) is 11.4 Å². The first-order valence-corrected chi connectivity index (χ1v) is 34.1. The molecule has 1 aromatic heterocycles. The molecule has 31 heteroatoms. The molecule has 0 aliphatic carbocycles. The number of carbonyl (C=O) groups excluding carboxylic acids is 1. The van der Waals surface area contributed by atoms with Crippen molar-refractivity contribution >= 4 is 43.3 Å². The Morgan fingerprint density at radius 3 is 1.31 bits per heavy atom. The van der Waals surface area contributed by atoms with Crippen molar-refractivity contribution in [3.05, 3.63) is 83.6 Å². The van der Waals surface area contributed by atoms with Gasteiger partial charge in [-0.1, -0.05) is 6.08 Å². The van der Waals surface area contributed by atoms with Crippen LogP contribution in [-0.4, -0.2) is 283 Å². The number of allylic oxidation sites excluding steroid dienone is 4. The Hall–Kier alpha value is -5.08. The van der Waals surface area contributed by atoms with Crippen LogP contribution in [0.5, 0.6) is 11.8 Å². The Kier molecular flexibility index (Phi) is 37.2. The summed E-state index contributed by atoms with van der Waals surface area (Å²) in [6.07, 6.45) is 6.39. The zero-order valence-corrected chi connectivity index (χ0v) is 56.5. The second-order valence-corrected chi connectivity index (χ2v) is 24.4. The summed E-state index contributed by atoms with van der Waals surface area (Å²) in [6, 6.07) is 11.4. The highest BCUT2D eigenvalue weighted by Crippen LogP contribution is 2.51. The molecular weight excluding hydrogens is 1280 g/mol. The standard InChI is InChI=1S/C63H97N3O26S2/c1-62(16-21-80-32-37-88-44-41-84-28-25-76-3)53-49-51(93(70,71)72)9-11-55(53)64(18-23-82-34-39-90-46-43-86-30-27-78-5)57(62)7-6-8-58-63(2,17-22-81-33-38-89-45-42-85-29-26-77-4)54-50-52(94(73,74)75)10-12-56(54)65(58)19-24-83-35-40-91-48-47-87-36-31-79-20-15-61(69)92-66-59(67)13-14-60(66)68/h6-14,49-50H,15-48H2,1-5H3,(H3-,67,68,70,71,72,73,74,75)/p+1. The molecule has 2 atom stereocenters. The fourth-order valence-electron chi connectivity index (χ4n) is 10.1. The van der Waals surface area contributed by atoms with Crippen molar-refractivity contribution in [1.82, 2.24) is 4.73 Å². The van der Waals surface area contributed by atoms with Gasteiger partial charge in [-0.05, 0) is 68.7 Å². The van der Waals surface area contributed by atoms with Crippen LogP contribution in [0, 0.1) is 0 Å². The highest BCUT2D eigenvalue weighted by molar-refractivity contribution is 7.86. The lowest BCUT2D eigenvalue weighted by atomic mass is 9.76. The summed E-state index contributed by atoms with van der Waals surface area (Å²) in [6.45, 7) is 13.7. The number of aromatic nitrogens is 1. The molecule has 0 radical (unpaired) electrons. The SMILES string of the molecule is COCCOCCOCCOCC[N+]1=C(C=CC=C2N(CCOCCOCCOCCOCCC(=O)On3c(O)ccc3O)c3ccc(S(=O)(=O)O)cc3C2(C)CCOCCOCCOCCOC)C(C)(CCOCCOCCOCCOC)c2cc(S(=O)(=O)O)ccc21. The van der Waals surface area contributed by atoms with Crippen molar-refractivity contribution in [3.8, 4) is 11.8 Å². The predicted octanol–water partition coefficient (Wildman–Crippen LogP) is 3.95. The summed E-state index contributed by atoms with van der Waals surface area (Å²) < 4.78 is 165. The van der Waals surface area contributed by atoms with E-state index in [4.69, 9.17) is 80.6 Å². The van der Waals surface area contributed by atoms with Gasteiger partial charge in [0.2, 0.25) is 17.4 Å². The smallest absolute Gasteiger partial charge is 0.335 e. The number of aromatic hydroxyl groups is 2. The number of ether oxygens (including phenoxy) is 16. The minimum absolute atomic E-state index is 0.0287. The number of carbonyl (C=O) groups is 1. The zero-order valence-electron chi connectivity index (χ0n) is 54.8. The lowest BCUT2D eigenvalue weighted by molar-refractivity contribution is -0.442. The van der Waals surface area contributed by atoms with Crippen molar-refractivity contribution in [3.63, 3.8) is 0 Å². The summed E-state index contributed by atoms with van der Waals surface area (Å²) in [5.41, 5.74) is 2.25. The summed E-state index contributed by atoms with van der Waals surface area (Å²) in [5, 5.41) is 19.3. The lowest BCUT2D eigenvalue weighted by Crippen LogP contribution is -2.34. The van der Waals surface area contributed by atoms with Gasteiger partial charge < -0.3 is 95.7 Å². The number of nitrogens with zero attached hydrogens (tertiary/aromatic N) is 3. The van der Waals surface area contributed by atoms with Gasteiger partial charge >= 0.3 is 5.97 Å². The maximum absolute atomic E-state index is 12.8. The molecule has 0 spiro atoms. The number of anilines is 1. The number of hydrogen-bond donors (Lipinski definition) is 4. The van der Waals surface area contributed by atoms with Gasteiger partial charge in [0.05, 0.1) is 193 Å². The molecular formula is C63H98N3O26S2+. The van der Waals surface area contributed by atoms with Crippen LogP contribution >= 0.6 is 0 Å². The molecule has 0 saturated heterocycles. The average Bonchev–Trinajstić information content (AvgIpc) is 1.59. The molecule has 29 nitrogen and oxygen atoms in total. The minimum Gasteiger partial charge on any atom is -0.492 e. The Bertz CT molecular complexity index is 2980. The fourth-order valence-corrected chi connectivity index (χ4v) is 11.1. The van der Waals surface area contributed by atoms with E-state index in [-0.39, 0.29) is 109 Å². The number of benzene rings is 2. The van der Waals surface area contributed by atoms with Gasteiger partial charge in [-0.25, -0.2) is 4.79 Å². The first-order chi connectivity index (χ1) is 45.4. The maximum Gasteiger partial charge on any atom is 0.335 e. The second kappa shape index (κ2) is 44.0. The molecule has 3 aromatic rings. The molecule has 2 aliphatic rings. The third kappa shape index (κ3) is 27.1. The van der Waals surface area contributed by atoms with Crippen LogP contribution in [0.15, 0.2) is 82.2 Å². The third-order valence-corrected chi connectivity index (χ3v) is 16.7. The molecule has 2 aliphatic heterocycles. The van der Waals surface area contributed by atoms with Gasteiger partial charge in [0.1, 0.15) is 6.61 Å². The first kappa shape index (κ1) is 79.6. The highest BCUT2D eigenvalue weighted by atomic mass is 32.2. The summed E-state index contributed by atoms with van der Waals surface area (Å²) in [7, 11) is -4.48.